The number of carbonyl (C=O) groups excluding carboxylic acids is 1. The van der Waals surface area contributed by atoms with Gasteiger partial charge in [0, 0.05) is 30.7 Å². The monoisotopic (exact) mass is 361 g/mol. The molecule has 6 nitrogen and oxygen atoms in total. The summed E-state index contributed by atoms with van der Waals surface area (Å²) in [7, 11) is 0. The zero-order chi connectivity index (χ0) is 19.2. The van der Waals surface area contributed by atoms with Gasteiger partial charge in [0.2, 0.25) is 0 Å². The van der Waals surface area contributed by atoms with Crippen molar-refractivity contribution < 1.29 is 4.79 Å². The highest BCUT2D eigenvalue weighted by molar-refractivity contribution is 6.03. The van der Waals surface area contributed by atoms with Gasteiger partial charge >= 0.3 is 0 Å². The van der Waals surface area contributed by atoms with Crippen molar-refractivity contribution in [3.8, 4) is 0 Å². The second kappa shape index (κ2) is 8.40. The maximum Gasteiger partial charge on any atom is 0.274 e. The normalized spacial score (nSPS) is 10.7. The van der Waals surface area contributed by atoms with Crippen molar-refractivity contribution in [1.82, 2.24) is 15.0 Å². The van der Waals surface area contributed by atoms with Crippen LogP contribution in [0.15, 0.2) is 54.9 Å². The number of amides is 1. The summed E-state index contributed by atoms with van der Waals surface area (Å²) < 4.78 is 0. The van der Waals surface area contributed by atoms with Gasteiger partial charge in [0.15, 0.2) is 0 Å². The highest BCUT2D eigenvalue weighted by Gasteiger charge is 2.11. The molecule has 3 aromatic rings. The number of aryl methyl sites for hydroxylation is 1. The number of carbonyl (C=O) groups is 1. The molecule has 0 saturated heterocycles. The highest BCUT2D eigenvalue weighted by atomic mass is 16.1. The molecule has 0 atom stereocenters. The second-order valence-electron chi connectivity index (χ2n) is 6.63. The van der Waals surface area contributed by atoms with E-state index in [1.54, 1.807) is 25.4 Å². The molecule has 1 aromatic carbocycles. The number of benzene rings is 1. The quantitative estimate of drug-likeness (QED) is 0.689. The minimum atomic E-state index is -0.259. The van der Waals surface area contributed by atoms with Crippen molar-refractivity contribution in [3.05, 3.63) is 77.5 Å². The number of nitrogens with one attached hydrogen (secondary N) is 2. The first-order valence-corrected chi connectivity index (χ1v) is 8.91. The van der Waals surface area contributed by atoms with Crippen molar-refractivity contribution in [1.29, 1.82) is 0 Å². The smallest absolute Gasteiger partial charge is 0.274 e. The van der Waals surface area contributed by atoms with Gasteiger partial charge in [-0.05, 0) is 48.2 Å². The van der Waals surface area contributed by atoms with Crippen LogP contribution in [0.3, 0.4) is 0 Å². The van der Waals surface area contributed by atoms with Crippen molar-refractivity contribution in [2.75, 3.05) is 10.6 Å². The lowest BCUT2D eigenvalue weighted by Gasteiger charge is -2.10. The summed E-state index contributed by atoms with van der Waals surface area (Å²) in [6, 6.07) is 13.4. The number of nitrogens with zero attached hydrogens (tertiary/aromatic N) is 3. The maximum absolute atomic E-state index is 12.6. The van der Waals surface area contributed by atoms with E-state index in [-0.39, 0.29) is 5.91 Å². The third kappa shape index (κ3) is 5.10. The van der Waals surface area contributed by atoms with Crippen LogP contribution in [-0.2, 0) is 6.54 Å². The molecule has 0 unspecified atom stereocenters. The van der Waals surface area contributed by atoms with Gasteiger partial charge in [0.05, 0.1) is 0 Å². The van der Waals surface area contributed by atoms with Crippen LogP contribution in [0.5, 0.6) is 0 Å². The van der Waals surface area contributed by atoms with Crippen molar-refractivity contribution in [2.24, 2.45) is 0 Å². The summed E-state index contributed by atoms with van der Waals surface area (Å²) in [5.41, 5.74) is 3.38. The number of pyridine rings is 1. The number of hydrogen-bond donors (Lipinski definition) is 2. The van der Waals surface area contributed by atoms with Crippen LogP contribution >= 0.6 is 0 Å². The SMILES string of the molecule is Cc1nc(NCc2ccncc2)cc(C(=O)Nc2ccc(C(C)C)cc2)n1. The van der Waals surface area contributed by atoms with E-state index in [1.807, 2.05) is 36.4 Å². The molecule has 2 heterocycles. The van der Waals surface area contributed by atoms with Gasteiger partial charge in [-0.1, -0.05) is 26.0 Å². The topological polar surface area (TPSA) is 79.8 Å². The summed E-state index contributed by atoms with van der Waals surface area (Å²) in [5, 5.41) is 6.11. The van der Waals surface area contributed by atoms with E-state index in [1.165, 1.54) is 5.56 Å². The zero-order valence-electron chi connectivity index (χ0n) is 15.7. The largest absolute Gasteiger partial charge is 0.366 e. The molecule has 2 aromatic heterocycles. The first kappa shape index (κ1) is 18.5. The Bertz CT molecular complexity index is 908. The van der Waals surface area contributed by atoms with Gasteiger partial charge in [-0.3, -0.25) is 9.78 Å². The van der Waals surface area contributed by atoms with Crippen LogP contribution < -0.4 is 10.6 Å². The predicted octanol–water partition coefficient (Wildman–Crippen LogP) is 4.17. The minimum Gasteiger partial charge on any atom is -0.366 e. The molecule has 0 bridgehead atoms. The van der Waals surface area contributed by atoms with Crippen LogP contribution in [0.2, 0.25) is 0 Å². The Balaban J connectivity index is 1.69. The van der Waals surface area contributed by atoms with Crippen molar-refractivity contribution in [2.45, 2.75) is 33.2 Å². The van der Waals surface area contributed by atoms with Crippen LogP contribution in [0, 0.1) is 6.92 Å². The van der Waals surface area contributed by atoms with Gasteiger partial charge in [0.25, 0.3) is 5.91 Å². The number of hydrogen-bond acceptors (Lipinski definition) is 5. The van der Waals surface area contributed by atoms with Gasteiger partial charge in [0.1, 0.15) is 17.3 Å². The Morgan fingerprint density at radius 1 is 1.04 bits per heavy atom. The second-order valence-corrected chi connectivity index (χ2v) is 6.63. The average molecular weight is 361 g/mol. The average Bonchev–Trinajstić information content (AvgIpc) is 2.67. The zero-order valence-corrected chi connectivity index (χ0v) is 15.7. The van der Waals surface area contributed by atoms with E-state index in [4.69, 9.17) is 0 Å². The van der Waals surface area contributed by atoms with Crippen LogP contribution in [-0.4, -0.2) is 20.9 Å². The molecule has 6 heteroatoms. The van der Waals surface area contributed by atoms with Crippen LogP contribution in [0.1, 0.15) is 47.2 Å². The fourth-order valence-electron chi connectivity index (χ4n) is 2.61. The van der Waals surface area contributed by atoms with Crippen LogP contribution in [0.4, 0.5) is 11.5 Å². The van der Waals surface area contributed by atoms with E-state index in [0.29, 0.717) is 29.8 Å². The lowest BCUT2D eigenvalue weighted by molar-refractivity contribution is 0.102. The lowest BCUT2D eigenvalue weighted by Crippen LogP contribution is -2.16. The molecule has 0 spiro atoms. The molecule has 27 heavy (non-hydrogen) atoms. The molecule has 3 rings (SSSR count). The predicted molar refractivity (Wildman–Crippen MR) is 107 cm³/mol. The van der Waals surface area contributed by atoms with Gasteiger partial charge in [-0.2, -0.15) is 0 Å². The molecule has 0 aliphatic carbocycles. The van der Waals surface area contributed by atoms with E-state index in [2.05, 4.69) is 39.4 Å². The summed E-state index contributed by atoms with van der Waals surface area (Å²) in [6.45, 7) is 6.64. The highest BCUT2D eigenvalue weighted by Crippen LogP contribution is 2.18. The maximum atomic E-state index is 12.6. The van der Waals surface area contributed by atoms with Crippen LogP contribution in [0.25, 0.3) is 0 Å². The Morgan fingerprint density at radius 2 is 1.74 bits per heavy atom. The molecule has 0 aliphatic heterocycles. The summed E-state index contributed by atoms with van der Waals surface area (Å²) in [6.07, 6.45) is 3.48. The number of aromatic nitrogens is 3. The molecule has 0 radical (unpaired) electrons. The first-order chi connectivity index (χ1) is 13.0. The summed E-state index contributed by atoms with van der Waals surface area (Å²) in [4.78, 5) is 25.2. The Morgan fingerprint density at radius 3 is 2.41 bits per heavy atom. The molecular formula is C21H23N5O. The van der Waals surface area contributed by atoms with Crippen molar-refractivity contribution in [3.63, 3.8) is 0 Å². The van der Waals surface area contributed by atoms with Gasteiger partial charge < -0.3 is 10.6 Å². The third-order valence-corrected chi connectivity index (χ3v) is 4.13. The Kier molecular flexibility index (Phi) is 5.76. The third-order valence-electron chi connectivity index (χ3n) is 4.13. The molecule has 2 N–H and O–H groups in total. The molecule has 0 aliphatic rings. The molecule has 138 valence electrons. The molecule has 0 fully saturated rings. The lowest BCUT2D eigenvalue weighted by atomic mass is 10.0. The summed E-state index contributed by atoms with van der Waals surface area (Å²) in [5.74, 6) is 1.34. The first-order valence-electron chi connectivity index (χ1n) is 8.91. The van der Waals surface area contributed by atoms with Gasteiger partial charge in [-0.25, -0.2) is 9.97 Å². The number of rotatable bonds is 6. The standard InChI is InChI=1S/C21H23N5O/c1-14(2)17-4-6-18(7-5-17)26-21(27)19-12-20(25-15(3)24-19)23-13-16-8-10-22-11-9-16/h4-12,14H,13H2,1-3H3,(H,26,27)(H,23,24,25). The van der Waals surface area contributed by atoms with Gasteiger partial charge in [-0.15, -0.1) is 0 Å². The minimum absolute atomic E-state index is 0.259. The Hall–Kier alpha value is -3.28. The van der Waals surface area contributed by atoms with E-state index >= 15 is 0 Å². The molecular weight excluding hydrogens is 338 g/mol. The van der Waals surface area contributed by atoms with Crippen molar-refractivity contribution >= 4 is 17.4 Å². The number of anilines is 2. The van der Waals surface area contributed by atoms with E-state index in [0.717, 1.165) is 11.3 Å². The fourth-order valence-corrected chi connectivity index (χ4v) is 2.61. The Labute approximate surface area is 159 Å². The fraction of sp³-hybridized carbons (Fsp3) is 0.238. The molecule has 0 saturated carbocycles. The van der Waals surface area contributed by atoms with E-state index < -0.39 is 0 Å². The summed E-state index contributed by atoms with van der Waals surface area (Å²) >= 11 is 0. The van der Waals surface area contributed by atoms with E-state index in [9.17, 15) is 4.79 Å². The molecule has 1 amide bonds.